The zero-order valence-corrected chi connectivity index (χ0v) is 33.4. The first kappa shape index (κ1) is 34.3. The molecule has 58 heavy (non-hydrogen) atoms. The van der Waals surface area contributed by atoms with Crippen LogP contribution >= 0.6 is 0 Å². The third kappa shape index (κ3) is 4.96. The average molecular weight is 748 g/mol. The minimum atomic E-state index is 0.0244. The lowest BCUT2D eigenvalue weighted by Gasteiger charge is -2.46. The number of fused-ring (bicyclic) bond motifs is 7. The molecule has 0 bridgehead atoms. The largest absolute Gasteiger partial charge is 0.454 e. The molecule has 5 heteroatoms. The predicted octanol–water partition coefficient (Wildman–Crippen LogP) is 12.7. The number of para-hydroxylation sites is 7. The summed E-state index contributed by atoms with van der Waals surface area (Å²) in [7, 11) is 0. The number of benzene rings is 8. The van der Waals surface area contributed by atoms with E-state index in [1.54, 1.807) is 0 Å². The molecule has 0 amide bonds. The molecule has 4 nitrogen and oxygen atoms in total. The summed E-state index contributed by atoms with van der Waals surface area (Å²) >= 11 is 0. The van der Waals surface area contributed by atoms with Gasteiger partial charge in [0.15, 0.2) is 5.58 Å². The Hall–Kier alpha value is -6.98. The molecule has 3 heterocycles. The van der Waals surface area contributed by atoms with Gasteiger partial charge in [0.25, 0.3) is 6.71 Å². The second-order valence-electron chi connectivity index (χ2n) is 16.0. The predicted molar refractivity (Wildman–Crippen MR) is 246 cm³/mol. The van der Waals surface area contributed by atoms with E-state index in [-0.39, 0.29) is 6.71 Å². The number of aryl methyl sites for hydroxylation is 5. The Morgan fingerprint density at radius 2 is 0.897 bits per heavy atom. The van der Waals surface area contributed by atoms with Crippen LogP contribution < -0.4 is 31.1 Å². The van der Waals surface area contributed by atoms with Gasteiger partial charge < -0.3 is 19.1 Å². The van der Waals surface area contributed by atoms with E-state index in [1.165, 1.54) is 72.8 Å². The monoisotopic (exact) mass is 747 g/mol. The fourth-order valence-electron chi connectivity index (χ4n) is 9.82. The summed E-state index contributed by atoms with van der Waals surface area (Å²) < 4.78 is 6.91. The first-order valence-electron chi connectivity index (χ1n) is 20.2. The molecule has 0 N–H and O–H groups in total. The highest BCUT2D eigenvalue weighted by Crippen LogP contribution is 2.51. The van der Waals surface area contributed by atoms with Crippen molar-refractivity contribution in [3.63, 3.8) is 0 Å². The standard InChI is InChI=1S/C53H42BN3O/c1-33-17-9-11-28-44(33)56-47-31-39(55(38-22-7-6-8-23-38)46-30-16-25-41-40-24-13-21-37(5)52(40)58-53(41)46)32-48-49(47)54(42-26-14-19-35(3)50(42)56)43-27-15-20-36(4)51(43)57(48)45-29-12-10-18-34(45)2/h6-32H,1-5H3. The van der Waals surface area contributed by atoms with Crippen LogP contribution in [0.15, 0.2) is 168 Å². The molecule has 0 aliphatic carbocycles. The lowest BCUT2D eigenvalue weighted by atomic mass is 9.33. The van der Waals surface area contributed by atoms with Crippen LogP contribution in [0.1, 0.15) is 27.8 Å². The Morgan fingerprint density at radius 3 is 1.48 bits per heavy atom. The Kier molecular flexibility index (Phi) is 7.71. The van der Waals surface area contributed by atoms with Crippen molar-refractivity contribution in [3.8, 4) is 0 Å². The topological polar surface area (TPSA) is 22.9 Å². The Morgan fingerprint density at radius 1 is 0.414 bits per heavy atom. The first-order valence-corrected chi connectivity index (χ1v) is 20.2. The van der Waals surface area contributed by atoms with Crippen molar-refractivity contribution in [2.24, 2.45) is 0 Å². The number of anilines is 9. The summed E-state index contributed by atoms with van der Waals surface area (Å²) in [5, 5.41) is 2.23. The van der Waals surface area contributed by atoms with Crippen molar-refractivity contribution in [1.82, 2.24) is 0 Å². The Labute approximate surface area is 340 Å². The van der Waals surface area contributed by atoms with E-state index in [0.29, 0.717) is 0 Å². The smallest absolute Gasteiger partial charge is 0.252 e. The van der Waals surface area contributed by atoms with Crippen LogP contribution in [0.2, 0.25) is 0 Å². The van der Waals surface area contributed by atoms with Crippen molar-refractivity contribution in [2.45, 2.75) is 34.6 Å². The number of rotatable bonds is 5. The maximum absolute atomic E-state index is 6.91. The normalized spacial score (nSPS) is 12.8. The zero-order chi connectivity index (χ0) is 39.2. The van der Waals surface area contributed by atoms with Crippen molar-refractivity contribution in [1.29, 1.82) is 0 Å². The van der Waals surface area contributed by atoms with Crippen molar-refractivity contribution < 1.29 is 4.42 Å². The van der Waals surface area contributed by atoms with Crippen molar-refractivity contribution in [2.75, 3.05) is 14.7 Å². The van der Waals surface area contributed by atoms with Crippen LogP contribution in [0.3, 0.4) is 0 Å². The van der Waals surface area contributed by atoms with Gasteiger partial charge in [0.05, 0.1) is 11.4 Å². The minimum Gasteiger partial charge on any atom is -0.454 e. The van der Waals surface area contributed by atoms with Crippen LogP contribution in [0, 0.1) is 34.6 Å². The quantitative estimate of drug-likeness (QED) is 0.164. The zero-order valence-electron chi connectivity index (χ0n) is 33.4. The molecule has 2 aliphatic rings. The second-order valence-corrected chi connectivity index (χ2v) is 16.0. The van der Waals surface area contributed by atoms with Gasteiger partial charge in [-0.3, -0.25) is 0 Å². The van der Waals surface area contributed by atoms with E-state index in [1.807, 2.05) is 0 Å². The van der Waals surface area contributed by atoms with Gasteiger partial charge in [0.1, 0.15) is 5.58 Å². The molecule has 0 spiro atoms. The van der Waals surface area contributed by atoms with Crippen LogP contribution in [0.4, 0.5) is 51.2 Å². The molecule has 2 aliphatic heterocycles. The van der Waals surface area contributed by atoms with E-state index in [2.05, 4.69) is 213 Å². The van der Waals surface area contributed by atoms with E-state index >= 15 is 0 Å². The number of nitrogens with zero attached hydrogens (tertiary/aromatic N) is 3. The Bertz CT molecular complexity index is 2990. The molecular weight excluding hydrogens is 705 g/mol. The number of hydrogen-bond donors (Lipinski definition) is 0. The maximum Gasteiger partial charge on any atom is 0.252 e. The van der Waals surface area contributed by atoms with Gasteiger partial charge in [-0.15, -0.1) is 0 Å². The second kappa shape index (κ2) is 13.0. The van der Waals surface area contributed by atoms with E-state index < -0.39 is 0 Å². The molecule has 9 aromatic rings. The molecule has 11 rings (SSSR count). The van der Waals surface area contributed by atoms with Gasteiger partial charge >= 0.3 is 0 Å². The summed E-state index contributed by atoms with van der Waals surface area (Å²) in [6, 6.07) is 60.0. The molecule has 278 valence electrons. The SMILES string of the molecule is Cc1ccccc1N1c2cc(N(c3ccccc3)c3cccc4c3oc3c(C)cccc34)cc3c2B(c2cccc(C)c21)c1cccc(C)c1N3c1ccccc1C. The van der Waals surface area contributed by atoms with Crippen molar-refractivity contribution >= 4 is 96.2 Å². The molecule has 0 radical (unpaired) electrons. The molecule has 0 unspecified atom stereocenters. The summed E-state index contributed by atoms with van der Waals surface area (Å²) in [5.74, 6) is 0. The molecular formula is C53H42BN3O. The van der Waals surface area contributed by atoms with E-state index in [4.69, 9.17) is 4.42 Å². The van der Waals surface area contributed by atoms with E-state index in [9.17, 15) is 0 Å². The summed E-state index contributed by atoms with van der Waals surface area (Å²) in [6.45, 7) is 11.1. The third-order valence-electron chi connectivity index (χ3n) is 12.4. The Balaban J connectivity index is 1.30. The lowest BCUT2D eigenvalue weighted by Crippen LogP contribution is -2.61. The minimum absolute atomic E-state index is 0.0244. The molecule has 0 saturated heterocycles. The van der Waals surface area contributed by atoms with Crippen LogP contribution in [-0.2, 0) is 0 Å². The molecule has 0 fully saturated rings. The van der Waals surface area contributed by atoms with Crippen LogP contribution in [0.5, 0.6) is 0 Å². The average Bonchev–Trinajstić information content (AvgIpc) is 3.63. The van der Waals surface area contributed by atoms with Gasteiger partial charge in [-0.05, 0) is 121 Å². The third-order valence-corrected chi connectivity index (χ3v) is 12.4. The summed E-state index contributed by atoms with van der Waals surface area (Å²) in [6.07, 6.45) is 0. The summed E-state index contributed by atoms with van der Waals surface area (Å²) in [5.41, 5.74) is 22.1. The highest BCUT2D eigenvalue weighted by molar-refractivity contribution is 7.00. The highest BCUT2D eigenvalue weighted by atomic mass is 16.3. The van der Waals surface area contributed by atoms with E-state index in [0.717, 1.165) is 44.6 Å². The van der Waals surface area contributed by atoms with Crippen LogP contribution in [0.25, 0.3) is 21.9 Å². The van der Waals surface area contributed by atoms with Gasteiger partial charge in [-0.25, -0.2) is 0 Å². The van der Waals surface area contributed by atoms with Crippen molar-refractivity contribution in [3.05, 3.63) is 192 Å². The number of hydrogen-bond acceptors (Lipinski definition) is 4. The van der Waals surface area contributed by atoms with Gasteiger partial charge in [-0.1, -0.05) is 121 Å². The lowest BCUT2D eigenvalue weighted by molar-refractivity contribution is 0.666. The fraction of sp³-hybridized carbons (Fsp3) is 0.0943. The highest BCUT2D eigenvalue weighted by Gasteiger charge is 2.45. The number of furan rings is 1. The van der Waals surface area contributed by atoms with Crippen LogP contribution in [-0.4, -0.2) is 6.71 Å². The molecule has 1 aromatic heterocycles. The van der Waals surface area contributed by atoms with Gasteiger partial charge in [0.2, 0.25) is 0 Å². The van der Waals surface area contributed by atoms with Gasteiger partial charge in [0, 0.05) is 50.6 Å². The van der Waals surface area contributed by atoms with Gasteiger partial charge in [-0.2, -0.15) is 0 Å². The molecule has 0 saturated carbocycles. The molecule has 0 atom stereocenters. The summed E-state index contributed by atoms with van der Waals surface area (Å²) in [4.78, 5) is 7.49. The first-order chi connectivity index (χ1) is 28.4. The fourth-order valence-corrected chi connectivity index (χ4v) is 9.82. The molecule has 8 aromatic carbocycles. The maximum atomic E-state index is 6.91.